The van der Waals surface area contributed by atoms with Gasteiger partial charge in [0.05, 0.1) is 5.76 Å². The van der Waals surface area contributed by atoms with E-state index in [-0.39, 0.29) is 31.6 Å². The van der Waals surface area contributed by atoms with Gasteiger partial charge >= 0.3 is 178 Å². The van der Waals surface area contributed by atoms with Gasteiger partial charge in [-0.25, -0.2) is 0 Å². The Morgan fingerprint density at radius 2 is 1.68 bits per heavy atom. The van der Waals surface area contributed by atoms with Gasteiger partial charge in [0.25, 0.3) is 0 Å². The van der Waals surface area contributed by atoms with Gasteiger partial charge in [0.2, 0.25) is 0 Å². The summed E-state index contributed by atoms with van der Waals surface area (Å²) < 4.78 is 1.55. The largest absolute Gasteiger partial charge is 0 e. The van der Waals surface area contributed by atoms with Gasteiger partial charge in [-0.15, -0.1) is 0 Å². The SMILES string of the molecule is CC(=O)/C=C(/C)O.Cc1c[c]([Ge]([CH3])([CH3])[CH3])ccc1-c1ccnc(-c2[c-]c3ccccc3c(C(C)C)c2)c1.[Ir]. The molecule has 38 heavy (non-hydrogen) atoms. The van der Waals surface area contributed by atoms with E-state index in [1.165, 1.54) is 47.6 Å². The van der Waals surface area contributed by atoms with Gasteiger partial charge in [-0.1, -0.05) is 6.07 Å². The second kappa shape index (κ2) is 13.5. The molecule has 0 spiro atoms. The predicted octanol–water partition coefficient (Wildman–Crippen LogP) is 8.38. The molecule has 0 aliphatic heterocycles. The Morgan fingerprint density at radius 3 is 2.24 bits per heavy atom. The molecule has 0 saturated heterocycles. The number of hydrogen-bond donors (Lipinski definition) is 1. The Labute approximate surface area is 244 Å². The Bertz CT molecular complexity index is 1450. The number of fused-ring (bicyclic) bond motifs is 1. The number of ketones is 1. The van der Waals surface area contributed by atoms with E-state index >= 15 is 0 Å². The molecule has 1 heterocycles. The van der Waals surface area contributed by atoms with Crippen LogP contribution in [0.15, 0.2) is 78.7 Å². The van der Waals surface area contributed by atoms with E-state index in [1.54, 1.807) is 4.40 Å². The third kappa shape index (κ3) is 8.23. The topological polar surface area (TPSA) is 50.2 Å². The van der Waals surface area contributed by atoms with Gasteiger partial charge in [0.15, 0.2) is 5.78 Å². The van der Waals surface area contributed by atoms with Crippen molar-refractivity contribution in [2.24, 2.45) is 0 Å². The first-order valence-electron chi connectivity index (χ1n) is 12.8. The monoisotopic (exact) mass is 747 g/mol. The fraction of sp³-hybridized carbons (Fsp3) is 0.273. The van der Waals surface area contributed by atoms with Crippen molar-refractivity contribution in [2.75, 3.05) is 0 Å². The number of carbonyl (C=O) groups is 1. The average molecular weight is 745 g/mol. The maximum absolute atomic E-state index is 10.0. The van der Waals surface area contributed by atoms with Crippen LogP contribution >= 0.6 is 0 Å². The number of aromatic nitrogens is 1. The molecule has 4 rings (SSSR count). The van der Waals surface area contributed by atoms with E-state index in [2.05, 4.69) is 105 Å². The number of nitrogens with zero attached hydrogens (tertiary/aromatic N) is 1. The van der Waals surface area contributed by atoms with Gasteiger partial charge < -0.3 is 5.11 Å². The summed E-state index contributed by atoms with van der Waals surface area (Å²) in [6, 6.07) is 25.8. The van der Waals surface area contributed by atoms with E-state index in [1.807, 2.05) is 6.20 Å². The quantitative estimate of drug-likeness (QED) is 0.0968. The van der Waals surface area contributed by atoms with Gasteiger partial charge in [-0.3, -0.25) is 4.79 Å². The molecule has 0 saturated carbocycles. The van der Waals surface area contributed by atoms with E-state index < -0.39 is 13.3 Å². The summed E-state index contributed by atoms with van der Waals surface area (Å²) in [4.78, 5) is 14.7. The van der Waals surface area contributed by atoms with Crippen molar-refractivity contribution in [2.45, 2.75) is 57.8 Å². The van der Waals surface area contributed by atoms with E-state index in [0.717, 1.165) is 16.6 Å². The summed E-state index contributed by atoms with van der Waals surface area (Å²) in [6.45, 7) is 9.58. The molecule has 0 unspecified atom stereocenters. The summed E-state index contributed by atoms with van der Waals surface area (Å²) in [5.41, 5.74) is 7.26. The molecular formula is C33H38GeIrNO2-. The van der Waals surface area contributed by atoms with Crippen LogP contribution in [-0.4, -0.2) is 29.1 Å². The van der Waals surface area contributed by atoms with Crippen molar-refractivity contribution >= 4 is 34.2 Å². The first-order chi connectivity index (χ1) is 17.4. The number of allylic oxidation sites excluding steroid dienone is 2. The summed E-state index contributed by atoms with van der Waals surface area (Å²) in [5, 5.41) is 10.8. The zero-order valence-electron chi connectivity index (χ0n) is 23.6. The van der Waals surface area contributed by atoms with E-state index in [9.17, 15) is 4.79 Å². The van der Waals surface area contributed by atoms with Crippen LogP contribution in [0, 0.1) is 13.0 Å². The maximum Gasteiger partial charge on any atom is 0 e. The average Bonchev–Trinajstić information content (AvgIpc) is 2.82. The molecule has 1 N–H and O–H groups in total. The molecule has 201 valence electrons. The number of aliphatic hydroxyl groups is 1. The van der Waals surface area contributed by atoms with Crippen LogP contribution in [0.1, 0.15) is 44.7 Å². The molecule has 1 radical (unpaired) electrons. The zero-order valence-corrected chi connectivity index (χ0v) is 28.1. The van der Waals surface area contributed by atoms with E-state index in [4.69, 9.17) is 10.1 Å². The van der Waals surface area contributed by atoms with Crippen molar-refractivity contribution < 1.29 is 30.0 Å². The number of pyridine rings is 1. The van der Waals surface area contributed by atoms with Crippen LogP contribution in [-0.2, 0) is 24.9 Å². The zero-order chi connectivity index (χ0) is 27.3. The molecule has 3 nitrogen and oxygen atoms in total. The number of aliphatic hydroxyl groups excluding tert-OH is 1. The molecule has 0 atom stereocenters. The summed E-state index contributed by atoms with van der Waals surface area (Å²) in [5.74, 6) is 7.72. The standard InChI is InChI=1S/C28H30GeN.C5H8O2.Ir/c1-19(2)27-17-23(16-21-9-7-8-10-26(21)27)28-18-22(13-14-30-28)25-12-11-24(15-20(25)3)29(4,5)6;1-4(6)3-5(2)7;/h7-15,17-19H,1-6H3;3,6H,1-2H3;/q-1;;/b;4-3-;. The maximum atomic E-state index is 10.0. The van der Waals surface area contributed by atoms with Crippen molar-refractivity contribution in [1.82, 2.24) is 4.98 Å². The number of benzene rings is 3. The molecular weight excluding hydrogens is 707 g/mol. The van der Waals surface area contributed by atoms with Crippen molar-refractivity contribution in [3.63, 3.8) is 0 Å². The second-order valence-electron chi connectivity index (χ2n) is 10.9. The molecule has 0 aliphatic carbocycles. The van der Waals surface area contributed by atoms with Crippen LogP contribution in [0.4, 0.5) is 0 Å². The first kappa shape index (κ1) is 31.7. The van der Waals surface area contributed by atoms with Gasteiger partial charge in [-0.05, 0) is 13.8 Å². The summed E-state index contributed by atoms with van der Waals surface area (Å²) in [7, 11) is 0. The predicted molar refractivity (Wildman–Crippen MR) is 160 cm³/mol. The minimum atomic E-state index is -1.83. The molecule has 3 aromatic carbocycles. The molecule has 1 aromatic heterocycles. The smallest absolute Gasteiger partial charge is 0 e. The van der Waals surface area contributed by atoms with Crippen LogP contribution in [0.25, 0.3) is 33.2 Å². The number of aryl methyl sites for hydroxylation is 1. The van der Waals surface area contributed by atoms with Crippen molar-refractivity contribution in [3.05, 3.63) is 95.9 Å². The molecule has 0 bridgehead atoms. The van der Waals surface area contributed by atoms with Gasteiger partial charge in [0, 0.05) is 26.2 Å². The molecule has 4 aromatic rings. The molecule has 0 aliphatic rings. The minimum Gasteiger partial charge on any atom is 0 e. The normalized spacial score (nSPS) is 11.6. The number of rotatable bonds is 5. The van der Waals surface area contributed by atoms with Gasteiger partial charge in [-0.2, -0.15) is 0 Å². The Hall–Kier alpha value is -2.53. The third-order valence-electron chi connectivity index (χ3n) is 6.28. The minimum absolute atomic E-state index is 0. The number of carbonyl (C=O) groups excluding carboxylic acids is 1. The van der Waals surface area contributed by atoms with Crippen molar-refractivity contribution in [1.29, 1.82) is 0 Å². The van der Waals surface area contributed by atoms with Crippen LogP contribution in [0.2, 0.25) is 17.3 Å². The van der Waals surface area contributed by atoms with Crippen LogP contribution in [0.5, 0.6) is 0 Å². The fourth-order valence-corrected chi connectivity index (χ4v) is 6.95. The summed E-state index contributed by atoms with van der Waals surface area (Å²) in [6.07, 6.45) is 3.09. The van der Waals surface area contributed by atoms with Crippen molar-refractivity contribution in [3.8, 4) is 22.4 Å². The molecule has 0 amide bonds. The summed E-state index contributed by atoms with van der Waals surface area (Å²) >= 11 is -1.83. The van der Waals surface area contributed by atoms with Crippen LogP contribution < -0.4 is 4.40 Å². The Morgan fingerprint density at radius 1 is 1.00 bits per heavy atom. The number of hydrogen-bond acceptors (Lipinski definition) is 3. The third-order valence-corrected chi connectivity index (χ3v) is 10.6. The molecule has 0 fully saturated rings. The Balaban J connectivity index is 0.000000561. The molecule has 5 heteroatoms. The second-order valence-corrected chi connectivity index (χ2v) is 21.6. The fourth-order valence-electron chi connectivity index (χ4n) is 4.37. The van der Waals surface area contributed by atoms with E-state index in [0.29, 0.717) is 5.92 Å². The first-order valence-corrected chi connectivity index (χ1v) is 20.1. The van der Waals surface area contributed by atoms with Gasteiger partial charge in [0.1, 0.15) is 0 Å². The Kier molecular flexibility index (Phi) is 11.3. The van der Waals surface area contributed by atoms with Crippen LogP contribution in [0.3, 0.4) is 0 Å².